The lowest BCUT2D eigenvalue weighted by atomic mass is 10.1. The molecular formula is C49H60N6O14Si2. The van der Waals surface area contributed by atoms with Crippen molar-refractivity contribution in [3.05, 3.63) is 160 Å². The van der Waals surface area contributed by atoms with Crippen molar-refractivity contribution in [2.24, 2.45) is 0 Å². The van der Waals surface area contributed by atoms with Crippen molar-refractivity contribution in [3.8, 4) is 17.2 Å². The van der Waals surface area contributed by atoms with E-state index in [2.05, 4.69) is 78.0 Å². The average Bonchev–Trinajstić information content (AvgIpc) is 3.69. The molecule has 6 rings (SSSR count). The van der Waals surface area contributed by atoms with Gasteiger partial charge in [-0.15, -0.1) is 0 Å². The van der Waals surface area contributed by atoms with E-state index in [0.29, 0.717) is 6.42 Å². The Hall–Kier alpha value is -6.86. The standard InChI is InChI=1S/C49H60N6O14Si2/c1-48(2,3)70(7,8)67-31-42-39(69-71(9,10)49(4,5)6)27-44(68-42)52-24-23-43(51-47(52)57)50-46(56)35-25-40(64-28-32-17-11-14-20-36(32)53(58)59)45(66-30-34-19-13-16-22-38(34)55(62)63)41(26-35)65-29-33-18-12-15-21-37(33)54(60)61/h11-26,39,42,44H,27-31H2,1-10H3,(H,50,51,56,57)/t39-,42+,44+/m0/s1. The number of benzene rings is 4. The molecule has 4 aromatic carbocycles. The van der Waals surface area contributed by atoms with Gasteiger partial charge in [-0.3, -0.25) is 39.7 Å². The third kappa shape index (κ3) is 12.9. The molecule has 0 spiro atoms. The van der Waals surface area contributed by atoms with Gasteiger partial charge in [0.2, 0.25) is 5.75 Å². The average molecular weight is 1010 g/mol. The lowest BCUT2D eigenvalue weighted by molar-refractivity contribution is -0.386. The summed E-state index contributed by atoms with van der Waals surface area (Å²) in [7, 11) is -4.49. The minimum absolute atomic E-state index is 0.0504. The van der Waals surface area contributed by atoms with Crippen molar-refractivity contribution in [3.63, 3.8) is 0 Å². The van der Waals surface area contributed by atoms with E-state index in [-0.39, 0.29) is 85.2 Å². The van der Waals surface area contributed by atoms with Crippen molar-refractivity contribution in [1.82, 2.24) is 9.55 Å². The molecule has 1 aromatic heterocycles. The number of anilines is 1. The third-order valence-electron chi connectivity index (χ3n) is 13.2. The normalized spacial score (nSPS) is 16.3. The zero-order valence-corrected chi connectivity index (χ0v) is 43.5. The number of carbonyl (C=O) groups is 1. The van der Waals surface area contributed by atoms with Gasteiger partial charge in [0, 0.05) is 36.4 Å². The summed E-state index contributed by atoms with van der Waals surface area (Å²) in [6.07, 6.45) is 0.214. The number of hydrogen-bond acceptors (Lipinski definition) is 15. The van der Waals surface area contributed by atoms with Gasteiger partial charge >= 0.3 is 5.69 Å². The fourth-order valence-electron chi connectivity index (χ4n) is 7.06. The van der Waals surface area contributed by atoms with Crippen molar-refractivity contribution >= 4 is 45.4 Å². The second-order valence-corrected chi connectivity index (χ2v) is 29.7. The first-order chi connectivity index (χ1) is 33.3. The number of hydrogen-bond donors (Lipinski definition) is 1. The fourth-order valence-corrected chi connectivity index (χ4v) is 9.43. The van der Waals surface area contributed by atoms with Crippen LogP contribution in [0.1, 0.15) is 81.2 Å². The summed E-state index contributed by atoms with van der Waals surface area (Å²) >= 11 is 0. The molecule has 378 valence electrons. The van der Waals surface area contributed by atoms with Crippen LogP contribution in [0.4, 0.5) is 22.9 Å². The van der Waals surface area contributed by atoms with Crippen LogP contribution in [0, 0.1) is 30.3 Å². The molecule has 0 aliphatic carbocycles. The first kappa shape index (κ1) is 53.5. The molecule has 1 amide bonds. The highest BCUT2D eigenvalue weighted by atomic mass is 28.4. The number of nitro groups is 3. The highest BCUT2D eigenvalue weighted by molar-refractivity contribution is 6.74. The molecule has 22 heteroatoms. The summed E-state index contributed by atoms with van der Waals surface area (Å²) < 4.78 is 39.9. The smallest absolute Gasteiger partial charge is 0.351 e. The van der Waals surface area contributed by atoms with Gasteiger partial charge in [0.05, 0.1) is 44.2 Å². The van der Waals surface area contributed by atoms with E-state index >= 15 is 0 Å². The zero-order valence-electron chi connectivity index (χ0n) is 41.5. The molecule has 0 saturated carbocycles. The van der Waals surface area contributed by atoms with Crippen LogP contribution in [-0.4, -0.2) is 65.7 Å². The third-order valence-corrected chi connectivity index (χ3v) is 22.2. The van der Waals surface area contributed by atoms with E-state index < -0.39 is 75.2 Å². The zero-order chi connectivity index (χ0) is 52.1. The highest BCUT2D eigenvalue weighted by Crippen LogP contribution is 2.44. The molecule has 1 aliphatic heterocycles. The van der Waals surface area contributed by atoms with E-state index in [9.17, 15) is 39.9 Å². The van der Waals surface area contributed by atoms with Crippen LogP contribution in [0.15, 0.2) is 102 Å². The predicted molar refractivity (Wildman–Crippen MR) is 269 cm³/mol. The lowest BCUT2D eigenvalue weighted by Crippen LogP contribution is -2.48. The minimum Gasteiger partial charge on any atom is -0.485 e. The molecule has 1 N–H and O–H groups in total. The molecule has 20 nitrogen and oxygen atoms in total. The Morgan fingerprint density at radius 1 is 0.718 bits per heavy atom. The molecule has 2 heterocycles. The monoisotopic (exact) mass is 1010 g/mol. The Bertz CT molecular complexity index is 2760. The molecule has 0 unspecified atom stereocenters. The van der Waals surface area contributed by atoms with Crippen molar-refractivity contribution in [1.29, 1.82) is 0 Å². The maximum atomic E-state index is 14.2. The SMILES string of the molecule is CC(C)(C)[Si](C)(C)OC[C@H]1O[C@@H](n2ccc(NC(=O)c3cc(OCc4ccccc4[N+](=O)[O-])c(OCc4ccccc4[N+](=O)[O-])c(OCc4ccccc4[N+](=O)[O-])c3)nc2=O)C[C@@H]1O[Si](C)(C)C(C)(C)C. The van der Waals surface area contributed by atoms with Crippen LogP contribution in [0.2, 0.25) is 36.3 Å². The van der Waals surface area contributed by atoms with E-state index in [4.69, 9.17) is 27.8 Å². The van der Waals surface area contributed by atoms with Crippen LogP contribution in [-0.2, 0) is 33.4 Å². The largest absolute Gasteiger partial charge is 0.485 e. The number of rotatable bonds is 20. The Kier molecular flexibility index (Phi) is 16.3. The second-order valence-electron chi connectivity index (χ2n) is 20.1. The van der Waals surface area contributed by atoms with Crippen molar-refractivity contribution in [2.75, 3.05) is 11.9 Å². The van der Waals surface area contributed by atoms with Crippen molar-refractivity contribution < 1.29 is 47.4 Å². The van der Waals surface area contributed by atoms with Crippen LogP contribution in [0.5, 0.6) is 17.2 Å². The Balaban J connectivity index is 1.34. The topological polar surface area (TPSA) is 249 Å². The number of nitrogens with zero attached hydrogens (tertiary/aromatic N) is 5. The van der Waals surface area contributed by atoms with E-state index in [1.54, 1.807) is 18.2 Å². The molecule has 1 saturated heterocycles. The Morgan fingerprint density at radius 3 is 1.61 bits per heavy atom. The number of nitrogens with one attached hydrogen (secondary N) is 1. The quantitative estimate of drug-likeness (QED) is 0.0432. The summed E-state index contributed by atoms with van der Waals surface area (Å²) in [6, 6.07) is 21.5. The van der Waals surface area contributed by atoms with Crippen molar-refractivity contribution in [2.45, 2.75) is 122 Å². The molecule has 0 radical (unpaired) electrons. The van der Waals surface area contributed by atoms with E-state index in [1.807, 2.05) is 0 Å². The minimum atomic E-state index is -2.30. The van der Waals surface area contributed by atoms with Gasteiger partial charge < -0.3 is 33.1 Å². The summed E-state index contributed by atoms with van der Waals surface area (Å²) in [5.41, 5.74) is -1.15. The van der Waals surface area contributed by atoms with Crippen LogP contribution in [0.25, 0.3) is 0 Å². The van der Waals surface area contributed by atoms with Gasteiger partial charge in [-0.05, 0) is 72.7 Å². The highest BCUT2D eigenvalue weighted by Gasteiger charge is 2.47. The Morgan fingerprint density at radius 2 is 1.17 bits per heavy atom. The molecule has 1 fully saturated rings. The molecule has 0 bridgehead atoms. The number of nitro benzene ring substituents is 3. The molecule has 71 heavy (non-hydrogen) atoms. The van der Waals surface area contributed by atoms with Crippen LogP contribution < -0.4 is 25.2 Å². The predicted octanol–water partition coefficient (Wildman–Crippen LogP) is 10.7. The van der Waals surface area contributed by atoms with Gasteiger partial charge in [0.25, 0.3) is 23.0 Å². The van der Waals surface area contributed by atoms with Gasteiger partial charge in [-0.25, -0.2) is 4.79 Å². The number of amides is 1. The molecule has 3 atom stereocenters. The number of para-hydroxylation sites is 3. The van der Waals surface area contributed by atoms with Gasteiger partial charge in [-0.2, -0.15) is 4.98 Å². The molecular weight excluding hydrogens is 953 g/mol. The number of ether oxygens (including phenoxy) is 4. The van der Waals surface area contributed by atoms with Crippen LogP contribution >= 0.6 is 0 Å². The van der Waals surface area contributed by atoms with Crippen LogP contribution in [0.3, 0.4) is 0 Å². The number of carbonyl (C=O) groups excluding carboxylic acids is 1. The maximum Gasteiger partial charge on any atom is 0.351 e. The first-order valence-corrected chi connectivity index (χ1v) is 28.7. The molecule has 1 aliphatic rings. The summed E-state index contributed by atoms with van der Waals surface area (Å²) in [5, 5.41) is 38.3. The lowest BCUT2D eigenvalue weighted by Gasteiger charge is -2.40. The first-order valence-electron chi connectivity index (χ1n) is 22.9. The fraction of sp³-hybridized carbons (Fsp3) is 0.408. The Labute approximate surface area is 412 Å². The maximum absolute atomic E-state index is 14.2. The van der Waals surface area contributed by atoms with Gasteiger partial charge in [-0.1, -0.05) is 77.9 Å². The van der Waals surface area contributed by atoms with Gasteiger partial charge in [0.1, 0.15) is 38.0 Å². The van der Waals surface area contributed by atoms with E-state index in [0.717, 1.165) is 0 Å². The summed E-state index contributed by atoms with van der Waals surface area (Å²) in [4.78, 5) is 66.3. The van der Waals surface area contributed by atoms with Gasteiger partial charge in [0.15, 0.2) is 28.1 Å². The molecule has 5 aromatic rings. The summed E-state index contributed by atoms with van der Waals surface area (Å²) in [5.74, 6) is -1.49. The second kappa shape index (κ2) is 21.6. The number of aromatic nitrogens is 2. The summed E-state index contributed by atoms with van der Waals surface area (Å²) in [6.45, 7) is 20.6. The van der Waals surface area contributed by atoms with E-state index in [1.165, 1.54) is 83.6 Å².